The topological polar surface area (TPSA) is 69.8 Å². The van der Waals surface area contributed by atoms with Crippen molar-refractivity contribution < 1.29 is 13.2 Å². The first-order valence-electron chi connectivity index (χ1n) is 13.6. The lowest BCUT2D eigenvalue weighted by Crippen LogP contribution is -2.39. The number of anilines is 1. The predicted octanol–water partition coefficient (Wildman–Crippen LogP) is 6.81. The number of halogens is 3. The third-order valence-electron chi connectivity index (χ3n) is 8.32. The van der Waals surface area contributed by atoms with Gasteiger partial charge in [0, 0.05) is 48.0 Å². The van der Waals surface area contributed by atoms with Gasteiger partial charge in [-0.2, -0.15) is 18.4 Å². The normalized spacial score (nSPS) is 17.5. The van der Waals surface area contributed by atoms with Gasteiger partial charge in [-0.15, -0.1) is 11.3 Å². The number of likely N-dealkylation sites (tertiary alicyclic amines) is 1. The van der Waals surface area contributed by atoms with Gasteiger partial charge >= 0.3 is 6.18 Å². The molecule has 1 saturated carbocycles. The number of benzene rings is 1. The van der Waals surface area contributed by atoms with Crippen molar-refractivity contribution in [2.75, 3.05) is 18.4 Å². The van der Waals surface area contributed by atoms with E-state index >= 15 is 0 Å². The van der Waals surface area contributed by atoms with Gasteiger partial charge in [0.15, 0.2) is 0 Å². The number of nitrogens with zero attached hydrogens (tertiary/aromatic N) is 5. The highest BCUT2D eigenvalue weighted by Crippen LogP contribution is 2.34. The predicted molar refractivity (Wildman–Crippen MR) is 148 cm³/mol. The van der Waals surface area contributed by atoms with Crippen LogP contribution in [0.2, 0.25) is 0 Å². The van der Waals surface area contributed by atoms with Gasteiger partial charge in [0.1, 0.15) is 28.7 Å². The minimum atomic E-state index is -4.24. The van der Waals surface area contributed by atoms with E-state index in [9.17, 15) is 18.4 Å². The first-order chi connectivity index (χ1) is 18.8. The van der Waals surface area contributed by atoms with E-state index in [0.717, 1.165) is 61.6 Å². The van der Waals surface area contributed by atoms with Crippen molar-refractivity contribution in [3.8, 4) is 6.07 Å². The van der Waals surface area contributed by atoms with Crippen LogP contribution in [0.1, 0.15) is 53.8 Å². The second kappa shape index (κ2) is 10.4. The van der Waals surface area contributed by atoms with Gasteiger partial charge in [-0.05, 0) is 67.9 Å². The fraction of sp³-hybridized carbons (Fsp3) is 0.483. The summed E-state index contributed by atoms with van der Waals surface area (Å²) in [4.78, 5) is 11.8. The molecule has 0 radical (unpaired) electrons. The molecule has 1 aliphatic heterocycles. The minimum Gasteiger partial charge on any atom is -0.367 e. The Morgan fingerprint density at radius 1 is 1.10 bits per heavy atom. The molecule has 1 saturated heterocycles. The molecule has 0 unspecified atom stereocenters. The first-order valence-corrected chi connectivity index (χ1v) is 14.4. The Labute approximate surface area is 229 Å². The number of hydrogen-bond acceptors (Lipinski definition) is 6. The maximum absolute atomic E-state index is 12.9. The van der Waals surface area contributed by atoms with Crippen molar-refractivity contribution in [1.82, 2.24) is 19.4 Å². The molecule has 1 N–H and O–H groups in total. The number of hydrogen-bond donors (Lipinski definition) is 1. The summed E-state index contributed by atoms with van der Waals surface area (Å²) >= 11 is 1.08. The molecule has 3 aromatic heterocycles. The van der Waals surface area contributed by atoms with Gasteiger partial charge in [-0.3, -0.25) is 4.90 Å². The van der Waals surface area contributed by atoms with E-state index in [1.165, 1.54) is 42.1 Å². The molecule has 0 bridgehead atoms. The Bertz CT molecular complexity index is 1540. The van der Waals surface area contributed by atoms with Crippen LogP contribution in [0.5, 0.6) is 0 Å². The number of alkyl halides is 3. The molecule has 39 heavy (non-hydrogen) atoms. The van der Waals surface area contributed by atoms with Gasteiger partial charge in [-0.1, -0.05) is 12.5 Å². The maximum atomic E-state index is 12.9. The van der Waals surface area contributed by atoms with Crippen LogP contribution < -0.4 is 5.32 Å². The molecule has 2 aliphatic rings. The monoisotopic (exact) mass is 552 g/mol. The summed E-state index contributed by atoms with van der Waals surface area (Å²) in [5.74, 6) is 1.30. The van der Waals surface area contributed by atoms with Gasteiger partial charge < -0.3 is 9.88 Å². The molecule has 0 spiro atoms. The summed E-state index contributed by atoms with van der Waals surface area (Å²) in [6.45, 7) is 5.78. The quantitative estimate of drug-likeness (QED) is 0.273. The standard InChI is InChI=1S/C29H31F3N6S/c1-18-20(5-6-26-24(18)11-22(14-33)38(26)15-19-3-2-4-19)16-37-9-7-21(8-10-37)36-27-25-12-23(13-29(30,31)32)39-28(25)35-17-34-27/h5-6,11-12,17,19,21H,2-4,7-10,13,15-16H2,1H3,(H,34,35,36). The highest BCUT2D eigenvalue weighted by Gasteiger charge is 2.29. The number of rotatable bonds is 7. The lowest BCUT2D eigenvalue weighted by atomic mass is 9.85. The molecular formula is C29H31F3N6S. The molecule has 6 nitrogen and oxygen atoms in total. The first kappa shape index (κ1) is 26.1. The highest BCUT2D eigenvalue weighted by atomic mass is 32.1. The molecule has 0 atom stereocenters. The van der Waals surface area contributed by atoms with Crippen molar-refractivity contribution >= 4 is 38.3 Å². The summed E-state index contributed by atoms with van der Waals surface area (Å²) in [7, 11) is 0. The second-order valence-electron chi connectivity index (χ2n) is 11.0. The lowest BCUT2D eigenvalue weighted by molar-refractivity contribution is -0.126. The van der Waals surface area contributed by atoms with E-state index in [0.29, 0.717) is 22.0 Å². The van der Waals surface area contributed by atoms with Gasteiger partial charge in [0.05, 0.1) is 11.8 Å². The Kier molecular flexibility index (Phi) is 6.98. The van der Waals surface area contributed by atoms with Gasteiger partial charge in [0.2, 0.25) is 0 Å². The van der Waals surface area contributed by atoms with Crippen molar-refractivity contribution in [2.24, 2.45) is 5.92 Å². The number of aromatic nitrogens is 3. The molecule has 4 aromatic rings. The number of nitrogens with one attached hydrogen (secondary N) is 1. The number of nitriles is 1. The number of piperidine rings is 1. The SMILES string of the molecule is Cc1c(CN2CCC(Nc3ncnc4sc(CC(F)(F)F)cc34)CC2)ccc2c1cc(C#N)n2CC1CCC1. The van der Waals surface area contributed by atoms with Crippen LogP contribution in [0, 0.1) is 24.2 Å². The molecule has 1 aromatic carbocycles. The third-order valence-corrected chi connectivity index (χ3v) is 9.37. The largest absolute Gasteiger partial charge is 0.393 e. The maximum Gasteiger partial charge on any atom is 0.393 e. The molecule has 4 heterocycles. The van der Waals surface area contributed by atoms with E-state index in [1.54, 1.807) is 6.07 Å². The Balaban J connectivity index is 1.11. The number of aryl methyl sites for hydroxylation is 1. The zero-order chi connectivity index (χ0) is 27.1. The summed E-state index contributed by atoms with van der Waals surface area (Å²) in [6.07, 6.45) is 1.87. The molecule has 204 valence electrons. The summed E-state index contributed by atoms with van der Waals surface area (Å²) < 4.78 is 40.8. The number of thiophene rings is 1. The Hall–Kier alpha value is -3.16. The third kappa shape index (κ3) is 5.48. The van der Waals surface area contributed by atoms with Crippen LogP contribution in [0.25, 0.3) is 21.1 Å². The van der Waals surface area contributed by atoms with Crippen LogP contribution >= 0.6 is 11.3 Å². The molecule has 2 fully saturated rings. The average molecular weight is 553 g/mol. The van der Waals surface area contributed by atoms with E-state index < -0.39 is 12.6 Å². The van der Waals surface area contributed by atoms with E-state index in [1.807, 2.05) is 0 Å². The fourth-order valence-corrected chi connectivity index (χ4v) is 6.92. The van der Waals surface area contributed by atoms with Crippen LogP contribution in [-0.2, 0) is 19.5 Å². The van der Waals surface area contributed by atoms with E-state index in [-0.39, 0.29) is 10.9 Å². The lowest BCUT2D eigenvalue weighted by Gasteiger charge is -2.33. The fourth-order valence-electron chi connectivity index (χ4n) is 5.89. The van der Waals surface area contributed by atoms with Gasteiger partial charge in [-0.25, -0.2) is 9.97 Å². The van der Waals surface area contributed by atoms with Crippen LogP contribution in [-0.4, -0.2) is 44.7 Å². The zero-order valence-electron chi connectivity index (χ0n) is 21.9. The van der Waals surface area contributed by atoms with Crippen LogP contribution in [0.3, 0.4) is 0 Å². The van der Waals surface area contributed by atoms with Crippen molar-refractivity contribution in [1.29, 1.82) is 5.26 Å². The second-order valence-corrected chi connectivity index (χ2v) is 12.1. The van der Waals surface area contributed by atoms with Crippen LogP contribution in [0.4, 0.5) is 19.0 Å². The number of fused-ring (bicyclic) bond motifs is 2. The van der Waals surface area contributed by atoms with Crippen LogP contribution in [0.15, 0.2) is 30.6 Å². The average Bonchev–Trinajstić information content (AvgIpc) is 3.44. The zero-order valence-corrected chi connectivity index (χ0v) is 22.7. The summed E-state index contributed by atoms with van der Waals surface area (Å²) in [6, 6.07) is 10.6. The minimum absolute atomic E-state index is 0.201. The summed E-state index contributed by atoms with van der Waals surface area (Å²) in [5.41, 5.74) is 4.43. The van der Waals surface area contributed by atoms with Crippen molar-refractivity contribution in [3.05, 3.63) is 52.3 Å². The molecule has 1 aliphatic carbocycles. The highest BCUT2D eigenvalue weighted by molar-refractivity contribution is 7.18. The van der Waals surface area contributed by atoms with Crippen molar-refractivity contribution in [3.63, 3.8) is 0 Å². The van der Waals surface area contributed by atoms with Crippen molar-refractivity contribution in [2.45, 2.75) is 70.8 Å². The smallest absolute Gasteiger partial charge is 0.367 e. The molecule has 0 amide bonds. The van der Waals surface area contributed by atoms with Gasteiger partial charge in [0.25, 0.3) is 0 Å². The van der Waals surface area contributed by atoms with E-state index in [4.69, 9.17) is 0 Å². The Morgan fingerprint density at radius 2 is 1.90 bits per heavy atom. The summed E-state index contributed by atoms with van der Waals surface area (Å²) in [5, 5.41) is 15.1. The molecular weight excluding hydrogens is 521 g/mol. The molecule has 6 rings (SSSR count). The molecule has 10 heteroatoms. The Morgan fingerprint density at radius 3 is 2.59 bits per heavy atom. The van der Waals surface area contributed by atoms with E-state index in [2.05, 4.69) is 55.9 Å².